The topological polar surface area (TPSA) is 118 Å². The number of benzene rings is 2. The fraction of sp³-hybridized carbons (Fsp3) is 0.280. The fourth-order valence-corrected chi connectivity index (χ4v) is 4.56. The maximum absolute atomic E-state index is 8.28. The van der Waals surface area contributed by atoms with Gasteiger partial charge in [0.25, 0.3) is 0 Å². The van der Waals surface area contributed by atoms with Crippen LogP contribution in [0.1, 0.15) is 26.3 Å². The Bertz CT molecular complexity index is 1020. The molecule has 0 unspecified atom stereocenters. The molecular formula is C25H35N5O3S2. The van der Waals surface area contributed by atoms with Gasteiger partial charge in [-0.05, 0) is 69.5 Å². The quantitative estimate of drug-likeness (QED) is 0.109. The van der Waals surface area contributed by atoms with Crippen molar-refractivity contribution in [3.63, 3.8) is 0 Å². The maximum Gasteiger partial charge on any atom is 0.156 e. The molecule has 0 radical (unpaired) electrons. The molecule has 3 rings (SSSR count). The average Bonchev–Trinajstić information content (AvgIpc) is 3.28. The summed E-state index contributed by atoms with van der Waals surface area (Å²) in [5, 5.41) is 9.49. The molecule has 0 amide bonds. The summed E-state index contributed by atoms with van der Waals surface area (Å²) in [5.41, 5.74) is 10.3. The van der Waals surface area contributed by atoms with Crippen LogP contribution >= 0.6 is 23.3 Å². The molecule has 0 atom stereocenters. The van der Waals surface area contributed by atoms with Gasteiger partial charge in [0.1, 0.15) is 11.4 Å². The highest BCUT2D eigenvalue weighted by atomic mass is 32.2. The molecule has 35 heavy (non-hydrogen) atoms. The Balaban J connectivity index is 0.000000303. The highest BCUT2D eigenvalue weighted by molar-refractivity contribution is 7.99. The normalized spacial score (nSPS) is 11.5. The van der Waals surface area contributed by atoms with Crippen LogP contribution in [0.15, 0.2) is 82.8 Å². The van der Waals surface area contributed by atoms with E-state index in [1.165, 1.54) is 39.2 Å². The van der Waals surface area contributed by atoms with E-state index in [0.29, 0.717) is 12.2 Å². The average molecular weight is 518 g/mol. The lowest BCUT2D eigenvalue weighted by molar-refractivity contribution is -0.152. The van der Waals surface area contributed by atoms with E-state index in [1.807, 2.05) is 51.1 Å². The van der Waals surface area contributed by atoms with Crippen LogP contribution in [0.25, 0.3) is 10.4 Å². The third-order valence-corrected chi connectivity index (χ3v) is 6.20. The predicted octanol–water partition coefficient (Wildman–Crippen LogP) is 5.03. The number of hydrogen-bond acceptors (Lipinski definition) is 10. The standard InChI is InChI=1S/C14H19N5O2S2.C11H16O/c15-12(9-19(16)10-21-18-20)8-17-23-14-7-6-13(22-14)11-4-2-1-3-5-11;1-9-5-7-10(8-6-9)12-11(2,3)4/h1-7,9,17-18,20H,8,10,15-16H2;5-8H,1-4H3/b12-9-;. The van der Waals surface area contributed by atoms with Gasteiger partial charge >= 0.3 is 0 Å². The van der Waals surface area contributed by atoms with E-state index in [2.05, 4.69) is 52.9 Å². The van der Waals surface area contributed by atoms with Gasteiger partial charge in [0, 0.05) is 23.3 Å². The number of rotatable bonds is 10. The summed E-state index contributed by atoms with van der Waals surface area (Å²) in [6, 6.07) is 22.5. The summed E-state index contributed by atoms with van der Waals surface area (Å²) < 4.78 is 9.98. The van der Waals surface area contributed by atoms with Gasteiger partial charge < -0.3 is 10.5 Å². The first-order valence-corrected chi connectivity index (χ1v) is 12.6. The van der Waals surface area contributed by atoms with Gasteiger partial charge in [-0.3, -0.25) is 19.8 Å². The van der Waals surface area contributed by atoms with Crippen molar-refractivity contribution in [3.05, 3.63) is 84.2 Å². The Labute approximate surface area is 215 Å². The van der Waals surface area contributed by atoms with Crippen molar-refractivity contribution in [3.8, 4) is 16.2 Å². The lowest BCUT2D eigenvalue weighted by Gasteiger charge is -2.21. The molecule has 0 aliphatic heterocycles. The van der Waals surface area contributed by atoms with Crippen LogP contribution < -0.4 is 26.7 Å². The van der Waals surface area contributed by atoms with Crippen LogP contribution in [-0.2, 0) is 4.84 Å². The molecule has 0 saturated carbocycles. The first kappa shape index (κ1) is 28.7. The Kier molecular flexibility index (Phi) is 12.1. The molecule has 190 valence electrons. The van der Waals surface area contributed by atoms with Gasteiger partial charge in [-0.15, -0.1) is 11.3 Å². The van der Waals surface area contributed by atoms with Crippen LogP contribution in [0, 0.1) is 6.92 Å². The van der Waals surface area contributed by atoms with Crippen LogP contribution in [0.3, 0.4) is 0 Å². The van der Waals surface area contributed by atoms with Gasteiger partial charge in [0.15, 0.2) is 6.73 Å². The van der Waals surface area contributed by atoms with Gasteiger partial charge in [-0.1, -0.05) is 53.7 Å². The molecule has 10 heteroatoms. The van der Waals surface area contributed by atoms with Crippen molar-refractivity contribution in [1.29, 1.82) is 0 Å². The minimum Gasteiger partial charge on any atom is -0.488 e. The molecule has 0 aliphatic rings. The molecule has 8 nitrogen and oxygen atoms in total. The van der Waals surface area contributed by atoms with E-state index in [4.69, 9.17) is 21.5 Å². The van der Waals surface area contributed by atoms with Gasteiger partial charge in [0.2, 0.25) is 0 Å². The fourth-order valence-electron chi connectivity index (χ4n) is 2.68. The first-order chi connectivity index (χ1) is 16.7. The summed E-state index contributed by atoms with van der Waals surface area (Å²) in [4.78, 5) is 5.72. The number of nitrogens with two attached hydrogens (primary N) is 2. The SMILES string of the molecule is Cc1ccc(OC(C)(C)C)cc1.N/C(=C\N(N)CONO)CNSc1ccc(-c2ccccc2)s1. The van der Waals surface area contributed by atoms with Gasteiger partial charge in [0.05, 0.1) is 4.21 Å². The highest BCUT2D eigenvalue weighted by Crippen LogP contribution is 2.32. The molecule has 3 aromatic rings. The zero-order chi connectivity index (χ0) is 25.7. The summed E-state index contributed by atoms with van der Waals surface area (Å²) in [6.07, 6.45) is 1.52. The largest absolute Gasteiger partial charge is 0.488 e. The third-order valence-electron chi connectivity index (χ3n) is 4.14. The lowest BCUT2D eigenvalue weighted by Crippen LogP contribution is -2.32. The molecular weight excluding hydrogens is 482 g/mol. The van der Waals surface area contributed by atoms with E-state index in [0.717, 1.165) is 9.96 Å². The Hall–Kier alpha value is -2.57. The number of ether oxygens (including phenoxy) is 1. The van der Waals surface area contributed by atoms with E-state index < -0.39 is 0 Å². The van der Waals surface area contributed by atoms with E-state index in [9.17, 15) is 0 Å². The second-order valence-electron chi connectivity index (χ2n) is 8.52. The zero-order valence-corrected chi connectivity index (χ0v) is 22.2. The molecule has 0 aliphatic carbocycles. The van der Waals surface area contributed by atoms with Crippen molar-refractivity contribution in [2.45, 2.75) is 37.5 Å². The van der Waals surface area contributed by atoms with Crippen LogP contribution in [0.2, 0.25) is 0 Å². The minimum absolute atomic E-state index is 0.0320. The molecule has 1 aromatic heterocycles. The third kappa shape index (κ3) is 12.1. The molecule has 1 heterocycles. The molecule has 0 spiro atoms. The van der Waals surface area contributed by atoms with Crippen molar-refractivity contribution in [2.75, 3.05) is 13.3 Å². The molecule has 0 fully saturated rings. The summed E-state index contributed by atoms with van der Waals surface area (Å²) in [7, 11) is 0. The molecule has 0 bridgehead atoms. The van der Waals surface area contributed by atoms with Crippen LogP contribution in [0.4, 0.5) is 0 Å². The summed E-state index contributed by atoms with van der Waals surface area (Å²) in [6.45, 7) is 8.65. The monoisotopic (exact) mass is 517 g/mol. The lowest BCUT2D eigenvalue weighted by atomic mass is 10.2. The van der Waals surface area contributed by atoms with Crippen molar-refractivity contribution < 1.29 is 14.8 Å². The number of hydrazine groups is 1. The van der Waals surface area contributed by atoms with Crippen molar-refractivity contribution in [2.24, 2.45) is 11.6 Å². The van der Waals surface area contributed by atoms with Gasteiger partial charge in [-0.2, -0.15) is 0 Å². The Morgan fingerprint density at radius 3 is 2.40 bits per heavy atom. The smallest absolute Gasteiger partial charge is 0.156 e. The second-order valence-corrected chi connectivity index (χ2v) is 10.8. The number of nitrogens with one attached hydrogen (secondary N) is 2. The maximum atomic E-state index is 8.28. The highest BCUT2D eigenvalue weighted by Gasteiger charge is 2.10. The number of thiophene rings is 1. The molecule has 2 aromatic carbocycles. The first-order valence-electron chi connectivity index (χ1n) is 11.0. The van der Waals surface area contributed by atoms with Crippen LogP contribution in [0.5, 0.6) is 5.75 Å². The summed E-state index contributed by atoms with van der Waals surface area (Å²) in [5.74, 6) is 6.52. The minimum atomic E-state index is -0.102. The van der Waals surface area contributed by atoms with E-state index in [1.54, 1.807) is 17.0 Å². The van der Waals surface area contributed by atoms with Crippen molar-refractivity contribution in [1.82, 2.24) is 15.4 Å². The number of nitrogens with zero attached hydrogens (tertiary/aromatic N) is 1. The van der Waals surface area contributed by atoms with Gasteiger partial charge in [-0.25, -0.2) is 5.84 Å². The molecule has 7 N–H and O–H groups in total. The summed E-state index contributed by atoms with van der Waals surface area (Å²) >= 11 is 3.23. The number of aryl methyl sites for hydroxylation is 1. The Morgan fingerprint density at radius 2 is 1.77 bits per heavy atom. The van der Waals surface area contributed by atoms with E-state index in [-0.39, 0.29) is 12.3 Å². The Morgan fingerprint density at radius 1 is 1.09 bits per heavy atom. The predicted molar refractivity (Wildman–Crippen MR) is 144 cm³/mol. The number of hydrogen-bond donors (Lipinski definition) is 5. The zero-order valence-electron chi connectivity index (χ0n) is 20.5. The van der Waals surface area contributed by atoms with E-state index >= 15 is 0 Å². The second kappa shape index (κ2) is 14.7. The van der Waals surface area contributed by atoms with Crippen molar-refractivity contribution >= 4 is 23.3 Å². The van der Waals surface area contributed by atoms with Crippen LogP contribution in [-0.4, -0.2) is 29.1 Å². The molecule has 0 saturated heterocycles.